The number of rotatable bonds is 1. The van der Waals surface area contributed by atoms with Gasteiger partial charge in [0, 0.05) is 26.2 Å². The van der Waals surface area contributed by atoms with E-state index in [2.05, 4.69) is 25.4 Å². The van der Waals surface area contributed by atoms with Crippen LogP contribution in [0.1, 0.15) is 5.56 Å². The molecule has 1 aromatic carbocycles. The van der Waals surface area contributed by atoms with Crippen LogP contribution >= 0.6 is 0 Å². The molecule has 7 nitrogen and oxygen atoms in total. The van der Waals surface area contributed by atoms with E-state index in [-0.39, 0.29) is 16.7 Å². The first-order chi connectivity index (χ1) is 11.9. The third kappa shape index (κ3) is 2.54. The van der Waals surface area contributed by atoms with E-state index in [1.54, 1.807) is 0 Å². The summed E-state index contributed by atoms with van der Waals surface area (Å²) in [6, 6.07) is 1.83. The Hall–Kier alpha value is -2.56. The van der Waals surface area contributed by atoms with Gasteiger partial charge in [0.15, 0.2) is 11.6 Å². The molecule has 3 aromatic rings. The van der Waals surface area contributed by atoms with Crippen molar-refractivity contribution in [1.29, 1.82) is 0 Å². The summed E-state index contributed by atoms with van der Waals surface area (Å²) in [6.07, 6.45) is -4.81. The molecule has 4 rings (SSSR count). The third-order valence-electron chi connectivity index (χ3n) is 4.31. The Morgan fingerprint density at radius 1 is 1.08 bits per heavy atom. The highest BCUT2D eigenvalue weighted by atomic mass is 19.4. The molecule has 132 valence electrons. The highest BCUT2D eigenvalue weighted by molar-refractivity contribution is 5.83. The first-order valence-electron chi connectivity index (χ1n) is 7.57. The van der Waals surface area contributed by atoms with E-state index in [0.29, 0.717) is 25.0 Å². The van der Waals surface area contributed by atoms with Gasteiger partial charge in [0.2, 0.25) is 5.65 Å². The number of tetrazole rings is 1. The van der Waals surface area contributed by atoms with Crippen LogP contribution in [0.25, 0.3) is 16.7 Å². The highest BCUT2D eigenvalue weighted by Gasteiger charge is 2.36. The monoisotopic (exact) mass is 355 g/mol. The number of piperazine rings is 1. The summed E-state index contributed by atoms with van der Waals surface area (Å²) in [5.74, 6) is -0.996. The van der Waals surface area contributed by atoms with Crippen LogP contribution in [0.2, 0.25) is 0 Å². The second-order valence-electron chi connectivity index (χ2n) is 5.93. The number of benzene rings is 1. The van der Waals surface area contributed by atoms with Crippen LogP contribution < -0.4 is 4.90 Å². The zero-order chi connectivity index (χ0) is 17.8. The molecule has 1 aliphatic rings. The standard InChI is InChI=1S/C14H13F4N7/c1-23-4-6-24(7-5-23)12-13-20-21-22-25(13)11-9(19-12)3-2-8(10(11)15)14(16,17)18/h2-3H,4-7H2,1H3. The molecule has 0 spiro atoms. The zero-order valence-corrected chi connectivity index (χ0v) is 13.1. The molecule has 0 bridgehead atoms. The molecule has 1 fully saturated rings. The van der Waals surface area contributed by atoms with E-state index in [1.165, 1.54) is 0 Å². The van der Waals surface area contributed by atoms with Gasteiger partial charge in [-0.2, -0.15) is 17.7 Å². The van der Waals surface area contributed by atoms with Gasteiger partial charge < -0.3 is 9.80 Å². The number of fused-ring (bicyclic) bond motifs is 3. The molecule has 3 heterocycles. The van der Waals surface area contributed by atoms with Gasteiger partial charge in [0.05, 0.1) is 11.1 Å². The van der Waals surface area contributed by atoms with Crippen LogP contribution in [0.4, 0.5) is 23.4 Å². The Balaban J connectivity index is 1.94. The molecule has 0 saturated carbocycles. The molecule has 11 heteroatoms. The Morgan fingerprint density at radius 2 is 1.80 bits per heavy atom. The number of nitrogens with zero attached hydrogens (tertiary/aromatic N) is 7. The molecular formula is C14H13F4N7. The molecular weight excluding hydrogens is 342 g/mol. The Labute approximate surface area is 138 Å². The zero-order valence-electron chi connectivity index (χ0n) is 13.1. The lowest BCUT2D eigenvalue weighted by Gasteiger charge is -2.33. The number of aromatic nitrogens is 5. The van der Waals surface area contributed by atoms with Crippen LogP contribution in [0.15, 0.2) is 12.1 Å². The summed E-state index contributed by atoms with van der Waals surface area (Å²) in [5, 5.41) is 11.0. The molecule has 0 aliphatic carbocycles. The van der Waals surface area contributed by atoms with Gasteiger partial charge in [-0.15, -0.1) is 5.10 Å². The van der Waals surface area contributed by atoms with Gasteiger partial charge >= 0.3 is 6.18 Å². The summed E-state index contributed by atoms with van der Waals surface area (Å²) >= 11 is 0. The average molecular weight is 355 g/mol. The Bertz CT molecular complexity index is 944. The average Bonchev–Trinajstić information content (AvgIpc) is 3.03. The van der Waals surface area contributed by atoms with E-state index in [0.717, 1.165) is 23.7 Å². The SMILES string of the molecule is CN1CCN(c2nc3ccc(C(F)(F)F)c(F)c3n3nnnc23)CC1. The normalized spacial score (nSPS) is 16.9. The van der Waals surface area contributed by atoms with Crippen molar-refractivity contribution in [2.75, 3.05) is 38.1 Å². The van der Waals surface area contributed by atoms with E-state index in [9.17, 15) is 17.6 Å². The first kappa shape index (κ1) is 15.9. The lowest BCUT2D eigenvalue weighted by molar-refractivity contribution is -0.139. The molecule has 0 N–H and O–H groups in total. The summed E-state index contributed by atoms with van der Waals surface area (Å²) in [5.41, 5.74) is -1.55. The summed E-state index contributed by atoms with van der Waals surface area (Å²) < 4.78 is 54.4. The quantitative estimate of drug-likeness (QED) is 0.618. The minimum Gasteiger partial charge on any atom is -0.351 e. The molecule has 0 unspecified atom stereocenters. The number of alkyl halides is 3. The number of halogens is 4. The van der Waals surface area contributed by atoms with Crippen LogP contribution in [0.5, 0.6) is 0 Å². The van der Waals surface area contributed by atoms with E-state index in [4.69, 9.17) is 0 Å². The van der Waals surface area contributed by atoms with Gasteiger partial charge in [0.25, 0.3) is 0 Å². The number of hydrogen-bond acceptors (Lipinski definition) is 6. The fraction of sp³-hybridized carbons (Fsp3) is 0.429. The van der Waals surface area contributed by atoms with Crippen LogP contribution in [0, 0.1) is 5.82 Å². The van der Waals surface area contributed by atoms with Gasteiger partial charge in [-0.05, 0) is 29.6 Å². The Morgan fingerprint density at radius 3 is 2.48 bits per heavy atom. The largest absolute Gasteiger partial charge is 0.419 e. The fourth-order valence-corrected chi connectivity index (χ4v) is 2.94. The lowest BCUT2D eigenvalue weighted by atomic mass is 10.1. The van der Waals surface area contributed by atoms with Crippen molar-refractivity contribution in [3.63, 3.8) is 0 Å². The van der Waals surface area contributed by atoms with Gasteiger partial charge in [-0.25, -0.2) is 9.37 Å². The predicted octanol–water partition coefficient (Wildman–Crippen LogP) is 1.58. The predicted molar refractivity (Wildman–Crippen MR) is 80.8 cm³/mol. The summed E-state index contributed by atoms with van der Waals surface area (Å²) in [7, 11) is 1.99. The topological polar surface area (TPSA) is 62.5 Å². The van der Waals surface area contributed by atoms with E-state index >= 15 is 0 Å². The number of likely N-dealkylation sites (N-methyl/N-ethyl adjacent to an activating group) is 1. The van der Waals surface area contributed by atoms with Gasteiger partial charge in [0.1, 0.15) is 5.52 Å². The third-order valence-corrected chi connectivity index (χ3v) is 4.31. The Kier molecular flexibility index (Phi) is 3.49. The van der Waals surface area contributed by atoms with Gasteiger partial charge in [-0.3, -0.25) is 0 Å². The smallest absolute Gasteiger partial charge is 0.351 e. The molecule has 0 radical (unpaired) electrons. The maximum atomic E-state index is 14.5. The van der Waals surface area contributed by atoms with E-state index in [1.807, 2.05) is 11.9 Å². The van der Waals surface area contributed by atoms with Crippen molar-refractivity contribution in [1.82, 2.24) is 29.9 Å². The van der Waals surface area contributed by atoms with Crippen molar-refractivity contribution in [3.8, 4) is 0 Å². The molecule has 2 aromatic heterocycles. The highest BCUT2D eigenvalue weighted by Crippen LogP contribution is 2.35. The molecule has 1 saturated heterocycles. The summed E-state index contributed by atoms with van der Waals surface area (Å²) in [4.78, 5) is 8.44. The molecule has 1 aliphatic heterocycles. The molecule has 25 heavy (non-hydrogen) atoms. The number of hydrogen-bond donors (Lipinski definition) is 0. The van der Waals surface area contributed by atoms with Crippen molar-refractivity contribution < 1.29 is 17.6 Å². The number of anilines is 1. The van der Waals surface area contributed by atoms with Crippen LogP contribution in [-0.2, 0) is 6.18 Å². The summed E-state index contributed by atoms with van der Waals surface area (Å²) in [6.45, 7) is 2.94. The second kappa shape index (κ2) is 5.48. The second-order valence-corrected chi connectivity index (χ2v) is 5.93. The first-order valence-corrected chi connectivity index (χ1v) is 7.57. The van der Waals surface area contributed by atoms with Crippen molar-refractivity contribution >= 4 is 22.5 Å². The lowest BCUT2D eigenvalue weighted by Crippen LogP contribution is -2.45. The molecule has 0 atom stereocenters. The van der Waals surface area contributed by atoms with Crippen molar-refractivity contribution in [2.45, 2.75) is 6.18 Å². The maximum Gasteiger partial charge on any atom is 0.419 e. The molecule has 0 amide bonds. The van der Waals surface area contributed by atoms with Crippen molar-refractivity contribution in [3.05, 3.63) is 23.5 Å². The van der Waals surface area contributed by atoms with Crippen LogP contribution in [0.3, 0.4) is 0 Å². The van der Waals surface area contributed by atoms with Crippen LogP contribution in [-0.4, -0.2) is 63.2 Å². The minimum absolute atomic E-state index is 0.0687. The van der Waals surface area contributed by atoms with Gasteiger partial charge in [-0.1, -0.05) is 0 Å². The fourth-order valence-electron chi connectivity index (χ4n) is 2.94. The van der Waals surface area contributed by atoms with Crippen molar-refractivity contribution in [2.24, 2.45) is 0 Å². The minimum atomic E-state index is -4.81. The maximum absolute atomic E-state index is 14.5. The van der Waals surface area contributed by atoms with E-state index < -0.39 is 17.6 Å².